The first-order valence-corrected chi connectivity index (χ1v) is 5.72. The maximum atomic E-state index is 8.79. The number of methoxy groups -OCH3 is 1. The van der Waals surface area contributed by atoms with Gasteiger partial charge in [-0.15, -0.1) is 5.10 Å². The Hall–Kier alpha value is -1.45. The number of aromatic nitrogens is 3. The number of hydrogen-bond donors (Lipinski definition) is 0. The zero-order valence-electron chi connectivity index (χ0n) is 9.93. The molecule has 0 aromatic carbocycles. The summed E-state index contributed by atoms with van der Waals surface area (Å²) < 4.78 is 12.3. The van der Waals surface area contributed by atoms with E-state index in [0.717, 1.165) is 24.4 Å². The van der Waals surface area contributed by atoms with Crippen LogP contribution in [0.1, 0.15) is 23.7 Å². The Morgan fingerprint density at radius 2 is 2.53 bits per heavy atom. The van der Waals surface area contributed by atoms with Gasteiger partial charge in [-0.25, -0.2) is 4.68 Å². The van der Waals surface area contributed by atoms with Gasteiger partial charge in [-0.05, 0) is 6.42 Å². The number of hydrogen-bond acceptors (Lipinski definition) is 5. The lowest BCUT2D eigenvalue weighted by atomic mass is 10.0. The van der Waals surface area contributed by atoms with Crippen LogP contribution in [0.5, 0.6) is 0 Å². The van der Waals surface area contributed by atoms with Crippen molar-refractivity contribution in [2.45, 2.75) is 25.3 Å². The monoisotopic (exact) mass is 236 g/mol. The van der Waals surface area contributed by atoms with Crippen LogP contribution < -0.4 is 0 Å². The second-order valence-electron chi connectivity index (χ2n) is 4.03. The molecule has 1 atom stereocenters. The van der Waals surface area contributed by atoms with Crippen molar-refractivity contribution >= 4 is 0 Å². The highest BCUT2D eigenvalue weighted by Crippen LogP contribution is 2.27. The third kappa shape index (κ3) is 2.62. The summed E-state index contributed by atoms with van der Waals surface area (Å²) in [5.41, 5.74) is 1.82. The predicted molar refractivity (Wildman–Crippen MR) is 59.4 cm³/mol. The van der Waals surface area contributed by atoms with E-state index >= 15 is 0 Å². The molecule has 17 heavy (non-hydrogen) atoms. The molecule has 1 fully saturated rings. The Morgan fingerprint density at radius 1 is 1.65 bits per heavy atom. The van der Waals surface area contributed by atoms with Crippen molar-refractivity contribution in [2.24, 2.45) is 0 Å². The van der Waals surface area contributed by atoms with Crippen LogP contribution >= 0.6 is 0 Å². The van der Waals surface area contributed by atoms with Crippen LogP contribution in [0.2, 0.25) is 0 Å². The molecule has 92 valence electrons. The van der Waals surface area contributed by atoms with Crippen LogP contribution in [0.25, 0.3) is 0 Å². The summed E-state index contributed by atoms with van der Waals surface area (Å²) in [5.74, 6) is 0.310. The maximum Gasteiger partial charge on any atom is 0.100 e. The number of nitrogens with zero attached hydrogens (tertiary/aromatic N) is 4. The van der Waals surface area contributed by atoms with Gasteiger partial charge in [0.2, 0.25) is 0 Å². The van der Waals surface area contributed by atoms with E-state index in [0.29, 0.717) is 32.1 Å². The standard InChI is InChI=1S/C11H16N4O2/c1-16-7-5-15-11(9-3-6-17-8-9)10(2-4-12)13-14-15/h9H,2-3,5-8H2,1H3. The molecule has 1 aromatic rings. The fraction of sp³-hybridized carbons (Fsp3) is 0.727. The van der Waals surface area contributed by atoms with Crippen LogP contribution in [0.3, 0.4) is 0 Å². The normalized spacial score (nSPS) is 19.4. The average Bonchev–Trinajstić information content (AvgIpc) is 2.95. The first kappa shape index (κ1) is 12.0. The second kappa shape index (κ2) is 5.75. The Morgan fingerprint density at radius 3 is 3.18 bits per heavy atom. The molecule has 1 unspecified atom stereocenters. The molecule has 0 bridgehead atoms. The highest BCUT2D eigenvalue weighted by atomic mass is 16.5. The molecule has 6 heteroatoms. The minimum atomic E-state index is 0.304. The zero-order chi connectivity index (χ0) is 12.1. The average molecular weight is 236 g/mol. The summed E-state index contributed by atoms with van der Waals surface area (Å²) in [4.78, 5) is 0. The third-order valence-corrected chi connectivity index (χ3v) is 2.92. The summed E-state index contributed by atoms with van der Waals surface area (Å²) in [5, 5.41) is 17.0. The fourth-order valence-electron chi connectivity index (χ4n) is 2.10. The fourth-order valence-corrected chi connectivity index (χ4v) is 2.10. The van der Waals surface area contributed by atoms with Crippen LogP contribution in [0.4, 0.5) is 0 Å². The molecule has 0 spiro atoms. The van der Waals surface area contributed by atoms with Crippen molar-refractivity contribution < 1.29 is 9.47 Å². The molecule has 2 heterocycles. The third-order valence-electron chi connectivity index (χ3n) is 2.92. The van der Waals surface area contributed by atoms with E-state index in [1.807, 2.05) is 4.68 Å². The van der Waals surface area contributed by atoms with Gasteiger partial charge < -0.3 is 9.47 Å². The van der Waals surface area contributed by atoms with Crippen LogP contribution in [-0.4, -0.2) is 41.9 Å². The van der Waals surface area contributed by atoms with Crippen LogP contribution in [0, 0.1) is 11.3 Å². The molecule has 1 aliphatic heterocycles. The van der Waals surface area contributed by atoms with Crippen molar-refractivity contribution in [3.8, 4) is 6.07 Å². The molecule has 6 nitrogen and oxygen atoms in total. The summed E-state index contributed by atoms with van der Waals surface area (Å²) in [6.45, 7) is 2.72. The molecule has 1 aromatic heterocycles. The van der Waals surface area contributed by atoms with E-state index in [-0.39, 0.29) is 0 Å². The van der Waals surface area contributed by atoms with Crippen molar-refractivity contribution in [1.82, 2.24) is 15.0 Å². The Kier molecular flexibility index (Phi) is 4.07. The number of rotatable bonds is 5. The van der Waals surface area contributed by atoms with Crippen molar-refractivity contribution in [3.63, 3.8) is 0 Å². The zero-order valence-corrected chi connectivity index (χ0v) is 9.93. The first-order valence-electron chi connectivity index (χ1n) is 5.72. The van der Waals surface area contributed by atoms with E-state index in [9.17, 15) is 0 Å². The van der Waals surface area contributed by atoms with Gasteiger partial charge in [0.15, 0.2) is 0 Å². The molecule has 2 rings (SSSR count). The molecule has 1 aliphatic rings. The minimum absolute atomic E-state index is 0.304. The molecular weight excluding hydrogens is 220 g/mol. The molecule has 0 amide bonds. The quantitative estimate of drug-likeness (QED) is 0.744. The molecule has 1 saturated heterocycles. The Labute approximate surface area is 100 Å². The lowest BCUT2D eigenvalue weighted by molar-refractivity contribution is 0.178. The summed E-state index contributed by atoms with van der Waals surface area (Å²) >= 11 is 0. The van der Waals surface area contributed by atoms with Crippen molar-refractivity contribution in [2.75, 3.05) is 26.9 Å². The van der Waals surface area contributed by atoms with Gasteiger partial charge in [0.05, 0.1) is 37.9 Å². The lowest BCUT2D eigenvalue weighted by Crippen LogP contribution is -2.14. The highest BCUT2D eigenvalue weighted by molar-refractivity contribution is 5.19. The molecule has 0 radical (unpaired) electrons. The van der Waals surface area contributed by atoms with Gasteiger partial charge >= 0.3 is 0 Å². The molecular formula is C11H16N4O2. The summed E-state index contributed by atoms with van der Waals surface area (Å²) in [6.07, 6.45) is 1.28. The molecule has 0 N–H and O–H groups in total. The number of ether oxygens (including phenoxy) is 2. The summed E-state index contributed by atoms with van der Waals surface area (Å²) in [6, 6.07) is 2.13. The van der Waals surface area contributed by atoms with Gasteiger partial charge in [-0.1, -0.05) is 5.21 Å². The lowest BCUT2D eigenvalue weighted by Gasteiger charge is -2.11. The van der Waals surface area contributed by atoms with Gasteiger partial charge in [-0.3, -0.25) is 0 Å². The highest BCUT2D eigenvalue weighted by Gasteiger charge is 2.25. The Balaban J connectivity index is 2.22. The Bertz CT molecular complexity index is 404. The van der Waals surface area contributed by atoms with Gasteiger partial charge in [0.1, 0.15) is 5.69 Å². The van der Waals surface area contributed by atoms with E-state index in [1.54, 1.807) is 7.11 Å². The van der Waals surface area contributed by atoms with E-state index < -0.39 is 0 Å². The second-order valence-corrected chi connectivity index (χ2v) is 4.03. The number of nitriles is 1. The van der Waals surface area contributed by atoms with Crippen LogP contribution in [-0.2, 0) is 22.4 Å². The van der Waals surface area contributed by atoms with Crippen molar-refractivity contribution in [1.29, 1.82) is 5.26 Å². The first-order chi connectivity index (χ1) is 8.36. The largest absolute Gasteiger partial charge is 0.383 e. The van der Waals surface area contributed by atoms with Gasteiger partial charge in [0.25, 0.3) is 0 Å². The minimum Gasteiger partial charge on any atom is -0.383 e. The van der Waals surface area contributed by atoms with E-state index in [1.165, 1.54) is 0 Å². The SMILES string of the molecule is COCCn1nnc(CC#N)c1C1CCOC1. The van der Waals surface area contributed by atoms with Gasteiger partial charge in [-0.2, -0.15) is 5.26 Å². The maximum absolute atomic E-state index is 8.79. The topological polar surface area (TPSA) is 73.0 Å². The van der Waals surface area contributed by atoms with Crippen LogP contribution in [0.15, 0.2) is 0 Å². The predicted octanol–water partition coefficient (Wildman–Crippen LogP) is 0.494. The van der Waals surface area contributed by atoms with Gasteiger partial charge in [0, 0.05) is 19.6 Å². The van der Waals surface area contributed by atoms with E-state index in [2.05, 4.69) is 16.4 Å². The van der Waals surface area contributed by atoms with E-state index in [4.69, 9.17) is 14.7 Å². The van der Waals surface area contributed by atoms with Crippen molar-refractivity contribution in [3.05, 3.63) is 11.4 Å². The molecule has 0 aliphatic carbocycles. The molecule has 0 saturated carbocycles. The summed E-state index contributed by atoms with van der Waals surface area (Å²) in [7, 11) is 1.66. The smallest absolute Gasteiger partial charge is 0.100 e.